The highest BCUT2D eigenvalue weighted by Gasteiger charge is 2.25. The molecule has 0 heterocycles. The number of ether oxygens (including phenoxy) is 3. The van der Waals surface area contributed by atoms with Gasteiger partial charge < -0.3 is 25.1 Å². The van der Waals surface area contributed by atoms with Crippen LogP contribution >= 0.6 is 0 Å². The Morgan fingerprint density at radius 2 is 1.84 bits per heavy atom. The summed E-state index contributed by atoms with van der Waals surface area (Å²) in [5.41, 5.74) is 7.34. The second-order valence-electron chi connectivity index (χ2n) is 5.56. The van der Waals surface area contributed by atoms with Crippen molar-refractivity contribution in [3.8, 4) is 11.5 Å². The number of aliphatic hydroxyl groups is 1. The van der Waals surface area contributed by atoms with Gasteiger partial charge in [0.1, 0.15) is 0 Å². The molecule has 6 nitrogen and oxygen atoms in total. The van der Waals surface area contributed by atoms with E-state index in [0.717, 1.165) is 5.56 Å². The van der Waals surface area contributed by atoms with Crippen molar-refractivity contribution in [3.05, 3.63) is 59.7 Å². The first-order valence-electron chi connectivity index (χ1n) is 7.91. The average molecular weight is 345 g/mol. The fourth-order valence-electron chi connectivity index (χ4n) is 2.42. The first-order valence-corrected chi connectivity index (χ1v) is 7.91. The number of nitrogens with two attached hydrogens (primary N) is 1. The molecule has 6 heteroatoms. The predicted octanol–water partition coefficient (Wildman–Crippen LogP) is 1.85. The molecule has 0 aromatic heterocycles. The Hall–Kier alpha value is -2.57. The molecule has 0 amide bonds. The zero-order chi connectivity index (χ0) is 18.2. The largest absolute Gasteiger partial charge is 0.493 e. The Bertz CT molecular complexity index is 689. The zero-order valence-corrected chi connectivity index (χ0v) is 14.3. The summed E-state index contributed by atoms with van der Waals surface area (Å²) >= 11 is 0. The molecule has 0 aliphatic rings. The minimum absolute atomic E-state index is 0.114. The van der Waals surface area contributed by atoms with E-state index in [0.29, 0.717) is 23.5 Å². The van der Waals surface area contributed by atoms with Crippen LogP contribution in [-0.4, -0.2) is 37.9 Å². The standard InChI is InChI=1S/C19H23NO5/c1-23-16-9-8-13(10-15(20)12-21)11-17(16)25-18(19(22)24-2)14-6-4-3-5-7-14/h3-9,11,15,18,21H,10,12,20H2,1-2H3. The molecule has 3 N–H and O–H groups in total. The van der Waals surface area contributed by atoms with Crippen LogP contribution in [0.2, 0.25) is 0 Å². The summed E-state index contributed by atoms with van der Waals surface area (Å²) in [4.78, 5) is 12.2. The topological polar surface area (TPSA) is 91.0 Å². The zero-order valence-electron chi connectivity index (χ0n) is 14.3. The average Bonchev–Trinajstić information content (AvgIpc) is 2.66. The lowest BCUT2D eigenvalue weighted by Crippen LogP contribution is -2.26. The van der Waals surface area contributed by atoms with E-state index in [1.54, 1.807) is 24.3 Å². The van der Waals surface area contributed by atoms with E-state index in [9.17, 15) is 4.79 Å². The van der Waals surface area contributed by atoms with Crippen molar-refractivity contribution in [2.24, 2.45) is 5.73 Å². The quantitative estimate of drug-likeness (QED) is 0.710. The van der Waals surface area contributed by atoms with Gasteiger partial charge >= 0.3 is 5.97 Å². The fraction of sp³-hybridized carbons (Fsp3) is 0.316. The Balaban J connectivity index is 2.33. The van der Waals surface area contributed by atoms with Gasteiger partial charge in [-0.05, 0) is 24.1 Å². The normalized spacial score (nSPS) is 13.0. The van der Waals surface area contributed by atoms with E-state index in [-0.39, 0.29) is 12.6 Å². The van der Waals surface area contributed by atoms with Gasteiger partial charge in [0, 0.05) is 11.6 Å². The molecule has 2 aromatic rings. The number of hydrogen-bond donors (Lipinski definition) is 2. The van der Waals surface area contributed by atoms with Gasteiger partial charge in [0.15, 0.2) is 11.5 Å². The number of esters is 1. The molecule has 0 bridgehead atoms. The summed E-state index contributed by atoms with van der Waals surface area (Å²) in [5.74, 6) is 0.390. The minimum atomic E-state index is -0.915. The van der Waals surface area contributed by atoms with Gasteiger partial charge in [-0.15, -0.1) is 0 Å². The number of benzene rings is 2. The molecule has 2 unspecified atom stereocenters. The van der Waals surface area contributed by atoms with Gasteiger partial charge in [0.2, 0.25) is 6.10 Å². The maximum Gasteiger partial charge on any atom is 0.351 e. The van der Waals surface area contributed by atoms with E-state index in [2.05, 4.69) is 0 Å². The molecule has 0 radical (unpaired) electrons. The fourth-order valence-corrected chi connectivity index (χ4v) is 2.42. The van der Waals surface area contributed by atoms with Gasteiger partial charge in [-0.25, -0.2) is 4.79 Å². The number of hydrogen-bond acceptors (Lipinski definition) is 6. The molecule has 2 aromatic carbocycles. The first-order chi connectivity index (χ1) is 12.1. The van der Waals surface area contributed by atoms with Crippen LogP contribution in [-0.2, 0) is 16.0 Å². The number of rotatable bonds is 8. The van der Waals surface area contributed by atoms with Crippen LogP contribution in [0.4, 0.5) is 0 Å². The SMILES string of the molecule is COC(=O)C(Oc1cc(CC(N)CO)ccc1OC)c1ccccc1. The second kappa shape index (κ2) is 9.05. The maximum atomic E-state index is 12.2. The minimum Gasteiger partial charge on any atom is -0.493 e. The lowest BCUT2D eigenvalue weighted by atomic mass is 10.1. The van der Waals surface area contributed by atoms with Crippen molar-refractivity contribution in [1.82, 2.24) is 0 Å². The van der Waals surface area contributed by atoms with E-state index < -0.39 is 12.1 Å². The summed E-state index contributed by atoms with van der Waals surface area (Å²) in [6.07, 6.45) is -0.438. The molecule has 25 heavy (non-hydrogen) atoms. The molecule has 0 spiro atoms. The molecule has 0 fully saturated rings. The number of methoxy groups -OCH3 is 2. The molecule has 134 valence electrons. The van der Waals surface area contributed by atoms with Crippen molar-refractivity contribution in [1.29, 1.82) is 0 Å². The van der Waals surface area contributed by atoms with Crippen molar-refractivity contribution < 1.29 is 24.1 Å². The predicted molar refractivity (Wildman–Crippen MR) is 93.6 cm³/mol. The Morgan fingerprint density at radius 3 is 2.44 bits per heavy atom. The van der Waals surface area contributed by atoms with Crippen LogP contribution in [0.1, 0.15) is 17.2 Å². The summed E-state index contributed by atoms with van der Waals surface area (Å²) in [5, 5.41) is 9.12. The monoisotopic (exact) mass is 345 g/mol. The van der Waals surface area contributed by atoms with Crippen LogP contribution in [0.5, 0.6) is 11.5 Å². The second-order valence-corrected chi connectivity index (χ2v) is 5.56. The third kappa shape index (κ3) is 4.95. The van der Waals surface area contributed by atoms with Crippen molar-refractivity contribution in [2.45, 2.75) is 18.6 Å². The van der Waals surface area contributed by atoms with Crippen molar-refractivity contribution in [2.75, 3.05) is 20.8 Å². The molecule has 0 aliphatic heterocycles. The van der Waals surface area contributed by atoms with Crippen molar-refractivity contribution >= 4 is 5.97 Å². The summed E-state index contributed by atoms with van der Waals surface area (Å²) < 4.78 is 16.1. The first kappa shape index (κ1) is 18.8. The molecular formula is C19H23NO5. The number of carbonyl (C=O) groups excluding carboxylic acids is 1. The highest BCUT2D eigenvalue weighted by Crippen LogP contribution is 2.33. The Kier molecular flexibility index (Phi) is 6.80. The number of carbonyl (C=O) groups is 1. The van der Waals surface area contributed by atoms with Gasteiger partial charge in [0.05, 0.1) is 20.8 Å². The smallest absolute Gasteiger partial charge is 0.351 e. The lowest BCUT2D eigenvalue weighted by Gasteiger charge is -2.20. The Morgan fingerprint density at radius 1 is 1.12 bits per heavy atom. The molecule has 0 saturated heterocycles. The van der Waals surface area contributed by atoms with E-state index >= 15 is 0 Å². The highest BCUT2D eigenvalue weighted by atomic mass is 16.6. The summed E-state index contributed by atoms with van der Waals surface area (Å²) in [6.45, 7) is -0.114. The van der Waals surface area contributed by atoms with Gasteiger partial charge in [-0.3, -0.25) is 0 Å². The molecule has 0 saturated carbocycles. The van der Waals surface area contributed by atoms with Crippen LogP contribution in [0.25, 0.3) is 0 Å². The third-order valence-electron chi connectivity index (χ3n) is 3.72. The van der Waals surface area contributed by atoms with E-state index in [1.807, 2.05) is 24.3 Å². The Labute approximate surface area is 147 Å². The summed E-state index contributed by atoms with van der Waals surface area (Å²) in [6, 6.07) is 14.1. The lowest BCUT2D eigenvalue weighted by molar-refractivity contribution is -0.149. The molecular weight excluding hydrogens is 322 g/mol. The van der Waals surface area contributed by atoms with Crippen molar-refractivity contribution in [3.63, 3.8) is 0 Å². The van der Waals surface area contributed by atoms with Crippen LogP contribution in [0.3, 0.4) is 0 Å². The number of aliphatic hydroxyl groups excluding tert-OH is 1. The highest BCUT2D eigenvalue weighted by molar-refractivity contribution is 5.77. The summed E-state index contributed by atoms with van der Waals surface area (Å²) in [7, 11) is 2.84. The van der Waals surface area contributed by atoms with E-state index in [1.165, 1.54) is 14.2 Å². The van der Waals surface area contributed by atoms with Crippen LogP contribution < -0.4 is 15.2 Å². The maximum absolute atomic E-state index is 12.2. The van der Waals surface area contributed by atoms with Crippen LogP contribution in [0, 0.1) is 0 Å². The van der Waals surface area contributed by atoms with E-state index in [4.69, 9.17) is 25.1 Å². The van der Waals surface area contributed by atoms with Crippen LogP contribution in [0.15, 0.2) is 48.5 Å². The molecule has 2 atom stereocenters. The molecule has 0 aliphatic carbocycles. The van der Waals surface area contributed by atoms with Gasteiger partial charge in [-0.2, -0.15) is 0 Å². The van der Waals surface area contributed by atoms with Gasteiger partial charge in [0.25, 0.3) is 0 Å². The third-order valence-corrected chi connectivity index (χ3v) is 3.72. The van der Waals surface area contributed by atoms with Gasteiger partial charge in [-0.1, -0.05) is 36.4 Å². The molecule has 2 rings (SSSR count).